The number of hydrogen-bond donors (Lipinski definition) is 0. The van der Waals surface area contributed by atoms with Gasteiger partial charge in [0.15, 0.2) is 0 Å². The first-order chi connectivity index (χ1) is 13.2. The number of allylic oxidation sites excluding steroid dienone is 1. The van der Waals surface area contributed by atoms with Crippen LogP contribution in [0, 0.1) is 18.8 Å². The van der Waals surface area contributed by atoms with Crippen LogP contribution in [0.2, 0.25) is 0 Å². The molecule has 5 nitrogen and oxygen atoms in total. The number of likely N-dealkylation sites (tertiary alicyclic amines) is 1. The fraction of sp³-hybridized carbons (Fsp3) is 0.522. The van der Waals surface area contributed by atoms with Gasteiger partial charge in [-0.25, -0.2) is 0 Å². The van der Waals surface area contributed by atoms with Gasteiger partial charge in [0.2, 0.25) is 17.7 Å². The predicted octanol–water partition coefficient (Wildman–Crippen LogP) is 3.70. The van der Waals surface area contributed by atoms with Crippen molar-refractivity contribution in [3.05, 3.63) is 35.4 Å². The van der Waals surface area contributed by atoms with Crippen molar-refractivity contribution in [3.63, 3.8) is 0 Å². The molecule has 2 fully saturated rings. The van der Waals surface area contributed by atoms with E-state index in [0.29, 0.717) is 0 Å². The van der Waals surface area contributed by atoms with Gasteiger partial charge in [0.25, 0.3) is 0 Å². The van der Waals surface area contributed by atoms with E-state index in [0.717, 1.165) is 48.1 Å². The molecule has 0 radical (unpaired) electrons. The van der Waals surface area contributed by atoms with E-state index in [9.17, 15) is 14.4 Å². The molecule has 1 saturated carbocycles. The molecule has 2 aliphatic heterocycles. The fourth-order valence-electron chi connectivity index (χ4n) is 5.19. The number of amides is 3. The van der Waals surface area contributed by atoms with Gasteiger partial charge in [-0.05, 0) is 57.7 Å². The van der Waals surface area contributed by atoms with Crippen LogP contribution in [0.25, 0.3) is 5.57 Å². The number of carbonyl (C=O) groups excluding carboxylic acids is 3. The molecule has 28 heavy (non-hydrogen) atoms. The first kappa shape index (κ1) is 18.9. The van der Waals surface area contributed by atoms with Gasteiger partial charge >= 0.3 is 0 Å². The van der Waals surface area contributed by atoms with Gasteiger partial charge in [0.05, 0.1) is 23.1 Å². The summed E-state index contributed by atoms with van der Waals surface area (Å²) in [5, 5.41) is 0. The van der Waals surface area contributed by atoms with Crippen molar-refractivity contribution in [1.82, 2.24) is 4.90 Å². The molecular formula is C23H28N2O3. The Labute approximate surface area is 166 Å². The molecule has 3 amide bonds. The highest BCUT2D eigenvalue weighted by atomic mass is 16.2. The lowest BCUT2D eigenvalue weighted by Crippen LogP contribution is -2.53. The SMILES string of the molecule is CC1=CC(C)(C)N(C(=O)CN2C(=O)[C@H]3CCCC[C@@H]3C2=O)c2cc(C)ccc21. The predicted molar refractivity (Wildman–Crippen MR) is 109 cm³/mol. The lowest BCUT2D eigenvalue weighted by Gasteiger charge is -2.42. The monoisotopic (exact) mass is 380 g/mol. The topological polar surface area (TPSA) is 57.7 Å². The second kappa shape index (κ2) is 6.57. The second-order valence-electron chi connectivity index (χ2n) is 8.99. The molecule has 0 N–H and O–H groups in total. The quantitative estimate of drug-likeness (QED) is 0.735. The Morgan fingerprint density at radius 3 is 2.29 bits per heavy atom. The van der Waals surface area contributed by atoms with Crippen molar-refractivity contribution >= 4 is 29.0 Å². The van der Waals surface area contributed by atoms with Crippen molar-refractivity contribution in [3.8, 4) is 0 Å². The Bertz CT molecular complexity index is 875. The molecule has 0 bridgehead atoms. The molecule has 5 heteroatoms. The molecule has 3 aliphatic rings. The number of hydrogen-bond acceptors (Lipinski definition) is 3. The van der Waals surface area contributed by atoms with Crippen LogP contribution in [-0.4, -0.2) is 34.7 Å². The minimum Gasteiger partial charge on any atom is -0.301 e. The molecule has 0 aromatic heterocycles. The lowest BCUT2D eigenvalue weighted by atomic mass is 9.81. The summed E-state index contributed by atoms with van der Waals surface area (Å²) < 4.78 is 0. The van der Waals surface area contributed by atoms with Crippen LogP contribution in [-0.2, 0) is 14.4 Å². The normalized spacial score (nSPS) is 26.1. The molecule has 1 aliphatic carbocycles. The standard InChI is InChI=1S/C23H28N2O3/c1-14-9-10-16-15(2)12-23(3,4)25(19(16)11-14)20(26)13-24-21(27)17-7-5-6-8-18(17)22(24)28/h9-12,17-18H,5-8,13H2,1-4H3/t17-,18-/m0/s1. The number of rotatable bonds is 2. The summed E-state index contributed by atoms with van der Waals surface area (Å²) >= 11 is 0. The Kier molecular flexibility index (Phi) is 4.44. The van der Waals surface area contributed by atoms with Gasteiger partial charge in [0, 0.05) is 5.56 Å². The van der Waals surface area contributed by atoms with Gasteiger partial charge in [0.1, 0.15) is 6.54 Å². The average Bonchev–Trinajstić information content (AvgIpc) is 2.86. The molecule has 2 heterocycles. The highest BCUT2D eigenvalue weighted by molar-refractivity contribution is 6.10. The number of fused-ring (bicyclic) bond motifs is 2. The van der Waals surface area contributed by atoms with Crippen molar-refractivity contribution in [2.75, 3.05) is 11.4 Å². The summed E-state index contributed by atoms with van der Waals surface area (Å²) in [6, 6.07) is 6.08. The third kappa shape index (κ3) is 2.88. The van der Waals surface area contributed by atoms with Crippen LogP contribution in [0.1, 0.15) is 57.6 Å². The van der Waals surface area contributed by atoms with Crippen LogP contribution in [0.5, 0.6) is 0 Å². The van der Waals surface area contributed by atoms with Gasteiger partial charge < -0.3 is 4.90 Å². The van der Waals surface area contributed by atoms with Crippen LogP contribution in [0.3, 0.4) is 0 Å². The zero-order valence-electron chi connectivity index (χ0n) is 17.1. The highest BCUT2D eigenvalue weighted by Crippen LogP contribution is 2.41. The number of aryl methyl sites for hydroxylation is 1. The number of nitrogens with zero attached hydrogens (tertiary/aromatic N) is 2. The minimum atomic E-state index is -0.527. The molecule has 148 valence electrons. The second-order valence-corrected chi connectivity index (χ2v) is 8.99. The first-order valence-corrected chi connectivity index (χ1v) is 10.2. The zero-order valence-corrected chi connectivity index (χ0v) is 17.1. The Morgan fingerprint density at radius 1 is 1.07 bits per heavy atom. The lowest BCUT2D eigenvalue weighted by molar-refractivity contribution is -0.143. The fourth-order valence-corrected chi connectivity index (χ4v) is 5.19. The highest BCUT2D eigenvalue weighted by Gasteiger charge is 2.49. The molecule has 0 spiro atoms. The van der Waals surface area contributed by atoms with Crippen molar-refractivity contribution in [2.45, 2.75) is 58.9 Å². The van der Waals surface area contributed by atoms with E-state index in [4.69, 9.17) is 0 Å². The average molecular weight is 380 g/mol. The number of benzene rings is 1. The maximum atomic E-state index is 13.4. The van der Waals surface area contributed by atoms with Crippen LogP contribution >= 0.6 is 0 Å². The molecule has 2 atom stereocenters. The Hall–Kier alpha value is -2.43. The largest absolute Gasteiger partial charge is 0.301 e. The first-order valence-electron chi connectivity index (χ1n) is 10.2. The molecule has 1 aromatic carbocycles. The van der Waals surface area contributed by atoms with Crippen molar-refractivity contribution in [2.24, 2.45) is 11.8 Å². The number of anilines is 1. The molecule has 1 saturated heterocycles. The molecular weight excluding hydrogens is 352 g/mol. The smallest absolute Gasteiger partial charge is 0.247 e. The van der Waals surface area contributed by atoms with Crippen LogP contribution in [0.4, 0.5) is 5.69 Å². The van der Waals surface area contributed by atoms with E-state index in [1.54, 1.807) is 4.90 Å². The van der Waals surface area contributed by atoms with E-state index in [-0.39, 0.29) is 36.1 Å². The van der Waals surface area contributed by atoms with Crippen molar-refractivity contribution in [1.29, 1.82) is 0 Å². The summed E-state index contributed by atoms with van der Waals surface area (Å²) in [4.78, 5) is 42.0. The Morgan fingerprint density at radius 2 is 1.68 bits per heavy atom. The number of imide groups is 1. The minimum absolute atomic E-state index is 0.158. The third-order valence-electron chi connectivity index (χ3n) is 6.44. The maximum Gasteiger partial charge on any atom is 0.247 e. The molecule has 4 rings (SSSR count). The summed E-state index contributed by atoms with van der Waals surface area (Å²) in [5.41, 5.74) is 3.54. The van der Waals surface area contributed by atoms with Crippen molar-refractivity contribution < 1.29 is 14.4 Å². The van der Waals surface area contributed by atoms with Crippen LogP contribution in [0.15, 0.2) is 24.3 Å². The van der Waals surface area contributed by atoms with E-state index in [1.807, 2.05) is 39.0 Å². The maximum absolute atomic E-state index is 13.4. The van der Waals surface area contributed by atoms with E-state index in [2.05, 4.69) is 13.0 Å². The van der Waals surface area contributed by atoms with E-state index < -0.39 is 5.54 Å². The van der Waals surface area contributed by atoms with Gasteiger partial charge in [-0.15, -0.1) is 0 Å². The summed E-state index contributed by atoms with van der Waals surface area (Å²) in [7, 11) is 0. The van der Waals surface area contributed by atoms with Gasteiger partial charge in [-0.1, -0.05) is 31.1 Å². The Balaban J connectivity index is 1.65. The van der Waals surface area contributed by atoms with Gasteiger partial charge in [-0.3, -0.25) is 19.3 Å². The number of carbonyl (C=O) groups is 3. The molecule has 1 aromatic rings. The van der Waals surface area contributed by atoms with E-state index in [1.165, 1.54) is 4.90 Å². The van der Waals surface area contributed by atoms with Gasteiger partial charge in [-0.2, -0.15) is 0 Å². The van der Waals surface area contributed by atoms with E-state index >= 15 is 0 Å². The van der Waals surface area contributed by atoms with Crippen LogP contribution < -0.4 is 4.90 Å². The summed E-state index contributed by atoms with van der Waals surface area (Å²) in [5.74, 6) is -0.968. The summed E-state index contributed by atoms with van der Waals surface area (Å²) in [6.45, 7) is 7.87. The molecule has 0 unspecified atom stereocenters. The zero-order chi connectivity index (χ0) is 20.2. The third-order valence-corrected chi connectivity index (χ3v) is 6.44. The summed E-state index contributed by atoms with van der Waals surface area (Å²) in [6.07, 6.45) is 5.57.